The molecule has 0 aliphatic carbocycles. The van der Waals surface area contributed by atoms with E-state index in [1.807, 2.05) is 4.72 Å². The number of aryl methyl sites for hydroxylation is 1. The molecule has 3 aromatic rings. The molecule has 0 saturated heterocycles. The predicted molar refractivity (Wildman–Crippen MR) is 128 cm³/mol. The van der Waals surface area contributed by atoms with Crippen LogP contribution in [0.5, 0.6) is 5.75 Å². The smallest absolute Gasteiger partial charge is 0.416 e. The number of hydrogen-bond acceptors (Lipinski definition) is 5. The number of carbonyl (C=O) groups is 2. The van der Waals surface area contributed by atoms with Gasteiger partial charge in [-0.25, -0.2) is 22.7 Å². The lowest BCUT2D eigenvalue weighted by atomic mass is 10.0. The molecule has 12 heteroatoms. The number of hydrogen-bond donors (Lipinski definition) is 3. The number of halogens is 3. The summed E-state index contributed by atoms with van der Waals surface area (Å²) >= 11 is 0. The average Bonchev–Trinajstić information content (AvgIpc) is 2.83. The van der Waals surface area contributed by atoms with Crippen molar-refractivity contribution in [3.63, 3.8) is 0 Å². The standard InChI is InChI=1S/C25H23F3N2O6S/c1-16-2-12-21(13-3-16)37(34,35)30-24(33)29-15-14-22(17-4-8-19(9-5-17)25(26,27)28)36-20-10-6-18(7-11-20)23(31)32/h2-13,22H,14-15H2,1H3,(H,31,32)(H2,29,30,33). The lowest BCUT2D eigenvalue weighted by Crippen LogP contribution is -2.40. The Morgan fingerprint density at radius 3 is 2.08 bits per heavy atom. The fourth-order valence-electron chi connectivity index (χ4n) is 3.27. The Morgan fingerprint density at radius 1 is 0.946 bits per heavy atom. The van der Waals surface area contributed by atoms with E-state index >= 15 is 0 Å². The first-order chi connectivity index (χ1) is 17.3. The fourth-order valence-corrected chi connectivity index (χ4v) is 4.20. The number of amides is 2. The number of carboxylic acids is 1. The molecule has 0 aliphatic rings. The van der Waals surface area contributed by atoms with Gasteiger partial charge in [0.25, 0.3) is 10.0 Å². The highest BCUT2D eigenvalue weighted by molar-refractivity contribution is 7.90. The Bertz CT molecular complexity index is 1340. The second-order valence-corrected chi connectivity index (χ2v) is 9.70. The number of alkyl halides is 3. The summed E-state index contributed by atoms with van der Waals surface area (Å²) in [6, 6.07) is 14.6. The first-order valence-electron chi connectivity index (χ1n) is 10.9. The molecule has 3 N–H and O–H groups in total. The maximum Gasteiger partial charge on any atom is 0.416 e. The first-order valence-corrected chi connectivity index (χ1v) is 12.4. The van der Waals surface area contributed by atoms with E-state index in [-0.39, 0.29) is 29.2 Å². The van der Waals surface area contributed by atoms with E-state index in [1.165, 1.54) is 48.5 Å². The minimum Gasteiger partial charge on any atom is -0.486 e. The van der Waals surface area contributed by atoms with Crippen molar-refractivity contribution in [2.45, 2.75) is 30.5 Å². The largest absolute Gasteiger partial charge is 0.486 e. The van der Waals surface area contributed by atoms with Gasteiger partial charge in [-0.05, 0) is 61.0 Å². The van der Waals surface area contributed by atoms with Gasteiger partial charge in [0.2, 0.25) is 0 Å². The quantitative estimate of drug-likeness (QED) is 0.357. The Hall–Kier alpha value is -4.06. The molecule has 0 heterocycles. The molecular formula is C25H23F3N2O6S. The number of sulfonamides is 1. The molecule has 0 fully saturated rings. The second kappa shape index (κ2) is 11.3. The number of ether oxygens (including phenoxy) is 1. The van der Waals surface area contributed by atoms with Crippen molar-refractivity contribution in [2.75, 3.05) is 6.54 Å². The fraction of sp³-hybridized carbons (Fsp3) is 0.200. The number of urea groups is 1. The van der Waals surface area contributed by atoms with E-state index in [1.54, 1.807) is 19.1 Å². The van der Waals surface area contributed by atoms with Crippen LogP contribution in [-0.2, 0) is 16.2 Å². The third-order valence-electron chi connectivity index (χ3n) is 5.24. The second-order valence-electron chi connectivity index (χ2n) is 8.02. The van der Waals surface area contributed by atoms with Crippen LogP contribution < -0.4 is 14.8 Å². The summed E-state index contributed by atoms with van der Waals surface area (Å²) < 4.78 is 71.4. The molecule has 0 spiro atoms. The van der Waals surface area contributed by atoms with Gasteiger partial charge in [-0.15, -0.1) is 0 Å². The highest BCUT2D eigenvalue weighted by Crippen LogP contribution is 2.31. The maximum absolute atomic E-state index is 13.0. The highest BCUT2D eigenvalue weighted by atomic mass is 32.2. The van der Waals surface area contributed by atoms with Crippen molar-refractivity contribution in [1.29, 1.82) is 0 Å². The first kappa shape index (κ1) is 27.5. The molecule has 0 aliphatic heterocycles. The van der Waals surface area contributed by atoms with Crippen molar-refractivity contribution in [3.05, 3.63) is 95.1 Å². The van der Waals surface area contributed by atoms with Gasteiger partial charge >= 0.3 is 18.2 Å². The SMILES string of the molecule is Cc1ccc(S(=O)(=O)NC(=O)NCCC(Oc2ccc(C(=O)O)cc2)c2ccc(C(F)(F)F)cc2)cc1. The number of aromatic carboxylic acids is 1. The zero-order valence-electron chi connectivity index (χ0n) is 19.5. The van der Waals surface area contributed by atoms with Crippen LogP contribution in [0, 0.1) is 6.92 Å². The lowest BCUT2D eigenvalue weighted by Gasteiger charge is -2.21. The average molecular weight is 537 g/mol. The van der Waals surface area contributed by atoms with Crippen molar-refractivity contribution < 1.29 is 41.0 Å². The molecule has 196 valence electrons. The molecule has 3 aromatic carbocycles. The van der Waals surface area contributed by atoms with Crippen LogP contribution in [0.25, 0.3) is 0 Å². The van der Waals surface area contributed by atoms with E-state index in [0.717, 1.165) is 17.7 Å². The van der Waals surface area contributed by atoms with E-state index in [2.05, 4.69) is 5.32 Å². The monoisotopic (exact) mass is 536 g/mol. The normalized spacial score (nSPS) is 12.4. The molecule has 37 heavy (non-hydrogen) atoms. The van der Waals surface area contributed by atoms with Crippen molar-refractivity contribution in [3.8, 4) is 5.75 Å². The maximum atomic E-state index is 13.0. The number of carboxylic acid groups (broad SMARTS) is 1. The van der Waals surface area contributed by atoms with Gasteiger partial charge in [0, 0.05) is 13.0 Å². The van der Waals surface area contributed by atoms with Gasteiger partial charge < -0.3 is 15.2 Å². The molecule has 0 radical (unpaired) electrons. The Morgan fingerprint density at radius 2 is 1.54 bits per heavy atom. The summed E-state index contributed by atoms with van der Waals surface area (Å²) in [7, 11) is -4.11. The summed E-state index contributed by atoms with van der Waals surface area (Å²) in [5.41, 5.74) is 0.381. The third kappa shape index (κ3) is 7.71. The van der Waals surface area contributed by atoms with E-state index in [4.69, 9.17) is 9.84 Å². The Labute approximate surface area is 211 Å². The molecule has 1 atom stereocenters. The molecule has 8 nitrogen and oxygen atoms in total. The van der Waals surface area contributed by atoms with Crippen LogP contribution >= 0.6 is 0 Å². The summed E-state index contributed by atoms with van der Waals surface area (Å²) in [6.45, 7) is 1.69. The molecule has 0 saturated carbocycles. The topological polar surface area (TPSA) is 122 Å². The molecule has 0 aromatic heterocycles. The van der Waals surface area contributed by atoms with Crippen LogP contribution in [0.4, 0.5) is 18.0 Å². The minimum absolute atomic E-state index is 0.0200. The minimum atomic E-state index is -4.52. The third-order valence-corrected chi connectivity index (χ3v) is 6.59. The van der Waals surface area contributed by atoms with Gasteiger partial charge in [-0.3, -0.25) is 0 Å². The lowest BCUT2D eigenvalue weighted by molar-refractivity contribution is -0.137. The van der Waals surface area contributed by atoms with Crippen LogP contribution in [0.15, 0.2) is 77.7 Å². The van der Waals surface area contributed by atoms with Gasteiger partial charge in [-0.2, -0.15) is 13.2 Å². The molecule has 0 bridgehead atoms. The van der Waals surface area contributed by atoms with Crippen molar-refractivity contribution in [2.24, 2.45) is 0 Å². The molecule has 3 rings (SSSR count). The molecule has 1 unspecified atom stereocenters. The van der Waals surface area contributed by atoms with Crippen LogP contribution in [0.2, 0.25) is 0 Å². The predicted octanol–water partition coefficient (Wildman–Crippen LogP) is 4.91. The Balaban J connectivity index is 1.70. The number of benzene rings is 3. The van der Waals surface area contributed by atoms with E-state index in [0.29, 0.717) is 5.56 Å². The number of nitrogens with one attached hydrogen (secondary N) is 2. The van der Waals surface area contributed by atoms with Crippen LogP contribution in [0.3, 0.4) is 0 Å². The van der Waals surface area contributed by atoms with Gasteiger partial charge in [0.1, 0.15) is 11.9 Å². The van der Waals surface area contributed by atoms with Gasteiger partial charge in [-0.1, -0.05) is 29.8 Å². The summed E-state index contributed by atoms with van der Waals surface area (Å²) in [6.07, 6.45) is -5.30. The number of rotatable bonds is 9. The summed E-state index contributed by atoms with van der Waals surface area (Å²) in [4.78, 5) is 23.2. The van der Waals surface area contributed by atoms with Gasteiger partial charge in [0.15, 0.2) is 0 Å². The molecular weight excluding hydrogens is 513 g/mol. The zero-order chi connectivity index (χ0) is 27.2. The highest BCUT2D eigenvalue weighted by Gasteiger charge is 2.30. The summed E-state index contributed by atoms with van der Waals surface area (Å²) in [5.74, 6) is -0.886. The van der Waals surface area contributed by atoms with E-state index < -0.39 is 39.9 Å². The van der Waals surface area contributed by atoms with E-state index in [9.17, 15) is 31.2 Å². The van der Waals surface area contributed by atoms with Crippen molar-refractivity contribution in [1.82, 2.24) is 10.0 Å². The Kier molecular flexibility index (Phi) is 8.43. The number of carbonyl (C=O) groups excluding carboxylic acids is 1. The van der Waals surface area contributed by atoms with Crippen LogP contribution in [-0.4, -0.2) is 32.1 Å². The van der Waals surface area contributed by atoms with Crippen LogP contribution in [0.1, 0.15) is 39.6 Å². The molecule has 2 amide bonds. The zero-order valence-corrected chi connectivity index (χ0v) is 20.3. The van der Waals surface area contributed by atoms with Gasteiger partial charge in [0.05, 0.1) is 16.0 Å². The summed E-state index contributed by atoms with van der Waals surface area (Å²) in [5, 5.41) is 11.4. The van der Waals surface area contributed by atoms with Crippen molar-refractivity contribution >= 4 is 22.0 Å².